The van der Waals surface area contributed by atoms with E-state index in [0.717, 1.165) is 53.2 Å². The molecule has 1 aliphatic heterocycles. The van der Waals surface area contributed by atoms with Crippen molar-refractivity contribution in [3.63, 3.8) is 0 Å². The van der Waals surface area contributed by atoms with Crippen LogP contribution in [-0.4, -0.2) is 52.2 Å². The van der Waals surface area contributed by atoms with Crippen LogP contribution in [0.2, 0.25) is 0 Å². The SMILES string of the molecule is C[C@H](NC(=O)CN1C(=O)C(=O)N(C2CCCC2)C1=O)C12CC3CC(CC(C3)C1)C2. The molecule has 1 heterocycles. The fraction of sp³-hybridized carbons (Fsp3) is 0.818. The monoisotopic (exact) mass is 401 g/mol. The van der Waals surface area contributed by atoms with E-state index in [2.05, 4.69) is 12.2 Å². The van der Waals surface area contributed by atoms with Crippen molar-refractivity contribution in [1.29, 1.82) is 0 Å². The van der Waals surface area contributed by atoms with Crippen LogP contribution in [0.15, 0.2) is 0 Å². The van der Waals surface area contributed by atoms with E-state index in [1.54, 1.807) is 0 Å². The standard InChI is InChI=1S/C22H31N3O4/c1-13(22-9-14-6-15(10-22)8-16(7-14)11-22)23-18(26)12-24-19(27)20(28)25(21(24)29)17-4-2-3-5-17/h13-17H,2-12H2,1H3,(H,23,26)/t13-,14?,15?,16?,22?/m0/s1. The number of hydrogen-bond acceptors (Lipinski definition) is 4. The topological polar surface area (TPSA) is 86.8 Å². The second-order valence-electron chi connectivity index (χ2n) is 10.4. The number of urea groups is 1. The molecule has 4 bridgehead atoms. The van der Waals surface area contributed by atoms with Crippen LogP contribution in [0.1, 0.15) is 71.1 Å². The lowest BCUT2D eigenvalue weighted by atomic mass is 9.48. The molecule has 7 nitrogen and oxygen atoms in total. The molecule has 5 amide bonds. The number of carbonyl (C=O) groups excluding carboxylic acids is 4. The van der Waals surface area contributed by atoms with Gasteiger partial charge >= 0.3 is 17.8 Å². The first-order chi connectivity index (χ1) is 13.9. The molecule has 158 valence electrons. The summed E-state index contributed by atoms with van der Waals surface area (Å²) in [5.74, 6) is 0.402. The summed E-state index contributed by atoms with van der Waals surface area (Å²) in [6.07, 6.45) is 11.0. The summed E-state index contributed by atoms with van der Waals surface area (Å²) in [5.41, 5.74) is 0.162. The van der Waals surface area contributed by atoms with E-state index >= 15 is 0 Å². The van der Waals surface area contributed by atoms with Crippen molar-refractivity contribution in [1.82, 2.24) is 15.1 Å². The summed E-state index contributed by atoms with van der Waals surface area (Å²) in [6, 6.07) is -0.791. The van der Waals surface area contributed by atoms with Crippen LogP contribution in [0, 0.1) is 23.2 Å². The molecular weight excluding hydrogens is 370 g/mol. The third-order valence-corrected chi connectivity index (χ3v) is 8.46. The van der Waals surface area contributed by atoms with Crippen LogP contribution in [0.3, 0.4) is 0 Å². The zero-order chi connectivity index (χ0) is 20.3. The van der Waals surface area contributed by atoms with Gasteiger partial charge in [-0.1, -0.05) is 12.8 Å². The second-order valence-corrected chi connectivity index (χ2v) is 10.4. The highest BCUT2D eigenvalue weighted by Crippen LogP contribution is 2.61. The largest absolute Gasteiger partial charge is 0.352 e. The minimum atomic E-state index is -0.862. The van der Waals surface area contributed by atoms with Crippen molar-refractivity contribution in [3.8, 4) is 0 Å². The molecule has 0 spiro atoms. The summed E-state index contributed by atoms with van der Waals surface area (Å²) >= 11 is 0. The highest BCUT2D eigenvalue weighted by atomic mass is 16.2. The number of rotatable bonds is 5. The lowest BCUT2D eigenvalue weighted by Gasteiger charge is -2.59. The van der Waals surface area contributed by atoms with Gasteiger partial charge < -0.3 is 5.32 Å². The van der Waals surface area contributed by atoms with Crippen molar-refractivity contribution < 1.29 is 19.2 Å². The molecule has 5 aliphatic carbocycles. The molecule has 7 heteroatoms. The van der Waals surface area contributed by atoms with E-state index < -0.39 is 17.8 Å². The van der Waals surface area contributed by atoms with Gasteiger partial charge in [-0.15, -0.1) is 0 Å². The summed E-state index contributed by atoms with van der Waals surface area (Å²) in [6.45, 7) is 1.72. The first kappa shape index (κ1) is 19.1. The molecule has 0 aromatic carbocycles. The number of amides is 5. The number of hydrogen-bond donors (Lipinski definition) is 1. The molecule has 0 unspecified atom stereocenters. The van der Waals surface area contributed by atoms with Gasteiger partial charge in [-0.2, -0.15) is 0 Å². The van der Waals surface area contributed by atoms with Crippen LogP contribution in [0.4, 0.5) is 4.79 Å². The number of carbonyl (C=O) groups is 4. The Morgan fingerprint density at radius 1 is 1.00 bits per heavy atom. The van der Waals surface area contributed by atoms with Gasteiger partial charge in [-0.3, -0.25) is 19.3 Å². The zero-order valence-electron chi connectivity index (χ0n) is 17.2. The Labute approximate surface area is 171 Å². The summed E-state index contributed by atoms with van der Waals surface area (Å²) < 4.78 is 0. The molecule has 6 rings (SSSR count). The first-order valence-corrected chi connectivity index (χ1v) is 11.3. The average Bonchev–Trinajstić information content (AvgIpc) is 3.24. The maximum absolute atomic E-state index is 12.7. The molecule has 6 aliphatic rings. The second kappa shape index (κ2) is 6.81. The van der Waals surface area contributed by atoms with E-state index in [1.165, 1.54) is 38.5 Å². The quantitative estimate of drug-likeness (QED) is 0.566. The van der Waals surface area contributed by atoms with Gasteiger partial charge in [0.2, 0.25) is 5.91 Å². The zero-order valence-corrected chi connectivity index (χ0v) is 17.2. The average molecular weight is 402 g/mol. The lowest BCUT2D eigenvalue weighted by molar-refractivity contribution is -0.144. The smallest absolute Gasteiger partial charge is 0.334 e. The van der Waals surface area contributed by atoms with Crippen LogP contribution < -0.4 is 5.32 Å². The summed E-state index contributed by atoms with van der Waals surface area (Å²) in [7, 11) is 0. The predicted molar refractivity (Wildman–Crippen MR) is 104 cm³/mol. The first-order valence-electron chi connectivity index (χ1n) is 11.3. The molecular formula is C22H31N3O4. The van der Waals surface area contributed by atoms with Gasteiger partial charge in [-0.25, -0.2) is 9.69 Å². The Morgan fingerprint density at radius 3 is 2.10 bits per heavy atom. The van der Waals surface area contributed by atoms with E-state index in [9.17, 15) is 19.2 Å². The van der Waals surface area contributed by atoms with E-state index in [0.29, 0.717) is 0 Å². The van der Waals surface area contributed by atoms with Gasteiger partial charge in [0, 0.05) is 12.1 Å². The highest BCUT2D eigenvalue weighted by Gasteiger charge is 2.54. The van der Waals surface area contributed by atoms with E-state index in [-0.39, 0.29) is 30.0 Å². The fourth-order valence-electron chi connectivity index (χ4n) is 7.44. The minimum absolute atomic E-state index is 0.0258. The Balaban J connectivity index is 1.23. The van der Waals surface area contributed by atoms with Gasteiger partial charge in [-0.05, 0) is 81.5 Å². The van der Waals surface area contributed by atoms with Crippen LogP contribution in [0.25, 0.3) is 0 Å². The third-order valence-electron chi connectivity index (χ3n) is 8.46. The number of nitrogens with one attached hydrogen (secondary N) is 1. The maximum atomic E-state index is 12.7. The molecule has 0 aromatic heterocycles. The minimum Gasteiger partial charge on any atom is -0.352 e. The molecule has 1 saturated heterocycles. The van der Waals surface area contributed by atoms with E-state index in [1.807, 2.05) is 0 Å². The molecule has 0 radical (unpaired) electrons. The summed E-state index contributed by atoms with van der Waals surface area (Å²) in [4.78, 5) is 52.0. The molecule has 1 N–H and O–H groups in total. The Kier molecular flexibility index (Phi) is 4.48. The lowest BCUT2D eigenvalue weighted by Crippen LogP contribution is -2.57. The van der Waals surface area contributed by atoms with Crippen molar-refractivity contribution in [2.24, 2.45) is 23.2 Å². The molecule has 5 saturated carbocycles. The van der Waals surface area contributed by atoms with Gasteiger partial charge in [0.15, 0.2) is 0 Å². The number of imide groups is 2. The molecule has 6 fully saturated rings. The van der Waals surface area contributed by atoms with Crippen LogP contribution >= 0.6 is 0 Å². The molecule has 0 aromatic rings. The van der Waals surface area contributed by atoms with Gasteiger partial charge in [0.05, 0.1) is 0 Å². The van der Waals surface area contributed by atoms with Crippen LogP contribution in [0.5, 0.6) is 0 Å². The molecule has 1 atom stereocenters. The normalized spacial score (nSPS) is 37.7. The third kappa shape index (κ3) is 3.08. The van der Waals surface area contributed by atoms with E-state index in [4.69, 9.17) is 0 Å². The molecule has 29 heavy (non-hydrogen) atoms. The fourth-order valence-corrected chi connectivity index (χ4v) is 7.44. The predicted octanol–water partition coefficient (Wildman–Crippen LogP) is 2.44. The van der Waals surface area contributed by atoms with Crippen molar-refractivity contribution in [2.75, 3.05) is 6.54 Å². The van der Waals surface area contributed by atoms with Gasteiger partial charge in [0.1, 0.15) is 6.54 Å². The van der Waals surface area contributed by atoms with Crippen molar-refractivity contribution in [2.45, 2.75) is 83.2 Å². The Bertz CT molecular complexity index is 722. The Hall–Kier alpha value is -1.92. The highest BCUT2D eigenvalue weighted by molar-refractivity contribution is 6.45. The van der Waals surface area contributed by atoms with Crippen LogP contribution in [-0.2, 0) is 14.4 Å². The van der Waals surface area contributed by atoms with Crippen molar-refractivity contribution in [3.05, 3.63) is 0 Å². The Morgan fingerprint density at radius 2 is 1.55 bits per heavy atom. The summed E-state index contributed by atoms with van der Waals surface area (Å²) in [5, 5.41) is 3.09. The van der Waals surface area contributed by atoms with Gasteiger partial charge in [0.25, 0.3) is 0 Å². The number of nitrogens with zero attached hydrogens (tertiary/aromatic N) is 2. The maximum Gasteiger partial charge on any atom is 0.334 e. The van der Waals surface area contributed by atoms with Crippen molar-refractivity contribution >= 4 is 23.8 Å².